The molecule has 1 heteroatoms. The molecule has 2 aromatic carbocycles. The van der Waals surface area contributed by atoms with Crippen molar-refractivity contribution in [2.45, 2.75) is 65.2 Å². The minimum Gasteiger partial charge on any atom is -0.508 e. The summed E-state index contributed by atoms with van der Waals surface area (Å²) in [6.45, 7) is 4.28. The fourth-order valence-corrected chi connectivity index (χ4v) is 3.24. The first-order valence-corrected chi connectivity index (χ1v) is 9.11. The van der Waals surface area contributed by atoms with Crippen molar-refractivity contribution in [2.24, 2.45) is 0 Å². The molecular weight excluding hydrogens is 280 g/mol. The van der Waals surface area contributed by atoms with Crippen LogP contribution in [0.15, 0.2) is 42.5 Å². The molecule has 0 aliphatic carbocycles. The molecule has 0 radical (unpaired) electrons. The number of unbranched alkanes of at least 4 members (excludes halogenated alkanes) is 6. The summed E-state index contributed by atoms with van der Waals surface area (Å²) < 4.78 is 0. The van der Waals surface area contributed by atoms with Crippen molar-refractivity contribution in [1.29, 1.82) is 0 Å². The summed E-state index contributed by atoms with van der Waals surface area (Å²) >= 11 is 0. The SMILES string of the molecule is CCCCCCCCCc1ccc(O)c(C)c1-c1ccccc1. The topological polar surface area (TPSA) is 20.2 Å². The highest BCUT2D eigenvalue weighted by Gasteiger charge is 2.11. The van der Waals surface area contributed by atoms with E-state index in [-0.39, 0.29) is 0 Å². The summed E-state index contributed by atoms with van der Waals surface area (Å²) in [6, 6.07) is 14.4. The van der Waals surface area contributed by atoms with Crippen LogP contribution in [0, 0.1) is 6.92 Å². The van der Waals surface area contributed by atoms with Crippen LogP contribution in [0.5, 0.6) is 5.75 Å². The van der Waals surface area contributed by atoms with Crippen LogP contribution >= 0.6 is 0 Å². The maximum absolute atomic E-state index is 10.1. The molecule has 124 valence electrons. The van der Waals surface area contributed by atoms with E-state index in [1.807, 2.05) is 19.1 Å². The van der Waals surface area contributed by atoms with Crippen molar-refractivity contribution in [3.8, 4) is 16.9 Å². The Balaban J connectivity index is 2.00. The third-order valence-corrected chi connectivity index (χ3v) is 4.63. The Bertz CT molecular complexity index is 586. The number of aromatic hydroxyl groups is 1. The number of aryl methyl sites for hydroxylation is 1. The van der Waals surface area contributed by atoms with Gasteiger partial charge in [0.1, 0.15) is 5.75 Å². The summed E-state index contributed by atoms with van der Waals surface area (Å²) in [5, 5.41) is 10.1. The zero-order valence-electron chi connectivity index (χ0n) is 14.6. The number of rotatable bonds is 9. The van der Waals surface area contributed by atoms with Crippen molar-refractivity contribution in [1.82, 2.24) is 0 Å². The van der Waals surface area contributed by atoms with Gasteiger partial charge in [0.2, 0.25) is 0 Å². The molecule has 0 aliphatic heterocycles. The molecule has 0 saturated heterocycles. The predicted molar refractivity (Wildman–Crippen MR) is 100.0 cm³/mol. The number of phenolic OH excluding ortho intramolecular Hbond substituents is 1. The molecule has 0 atom stereocenters. The molecule has 0 saturated carbocycles. The number of benzene rings is 2. The van der Waals surface area contributed by atoms with Crippen LogP contribution in [0.3, 0.4) is 0 Å². The number of phenols is 1. The highest BCUT2D eigenvalue weighted by atomic mass is 16.3. The fourth-order valence-electron chi connectivity index (χ4n) is 3.24. The van der Waals surface area contributed by atoms with Gasteiger partial charge in [-0.15, -0.1) is 0 Å². The van der Waals surface area contributed by atoms with Crippen molar-refractivity contribution in [3.05, 3.63) is 53.6 Å². The Kier molecular flexibility index (Phi) is 7.19. The van der Waals surface area contributed by atoms with Crippen molar-refractivity contribution in [3.63, 3.8) is 0 Å². The van der Waals surface area contributed by atoms with Crippen LogP contribution in [0.2, 0.25) is 0 Å². The third-order valence-electron chi connectivity index (χ3n) is 4.63. The van der Waals surface area contributed by atoms with Crippen molar-refractivity contribution in [2.75, 3.05) is 0 Å². The highest BCUT2D eigenvalue weighted by molar-refractivity contribution is 5.73. The summed E-state index contributed by atoms with van der Waals surface area (Å²) in [4.78, 5) is 0. The molecule has 2 rings (SSSR count). The Morgan fingerprint density at radius 1 is 0.783 bits per heavy atom. The van der Waals surface area contributed by atoms with E-state index < -0.39 is 0 Å². The van der Waals surface area contributed by atoms with Gasteiger partial charge in [-0.25, -0.2) is 0 Å². The largest absolute Gasteiger partial charge is 0.508 e. The molecule has 1 nitrogen and oxygen atoms in total. The van der Waals surface area contributed by atoms with Crippen molar-refractivity contribution < 1.29 is 5.11 Å². The maximum Gasteiger partial charge on any atom is 0.119 e. The predicted octanol–water partition coefficient (Wildman–Crippen LogP) is 6.66. The Labute approximate surface area is 141 Å². The summed E-state index contributed by atoms with van der Waals surface area (Å²) in [7, 11) is 0. The zero-order valence-corrected chi connectivity index (χ0v) is 14.6. The molecule has 0 aliphatic rings. The monoisotopic (exact) mass is 310 g/mol. The summed E-state index contributed by atoms with van der Waals surface area (Å²) in [5.74, 6) is 0.396. The average Bonchev–Trinajstić information content (AvgIpc) is 2.58. The van der Waals surface area contributed by atoms with Gasteiger partial charge in [-0.2, -0.15) is 0 Å². The van der Waals surface area contributed by atoms with Crippen LogP contribution in [0.4, 0.5) is 0 Å². The van der Waals surface area contributed by atoms with E-state index in [0.29, 0.717) is 5.75 Å². The lowest BCUT2D eigenvalue weighted by atomic mass is 9.91. The third kappa shape index (κ3) is 5.13. The molecule has 2 aromatic rings. The van der Waals surface area contributed by atoms with E-state index in [2.05, 4.69) is 37.3 Å². The molecular formula is C22H30O. The molecule has 23 heavy (non-hydrogen) atoms. The first-order chi connectivity index (χ1) is 11.2. The zero-order chi connectivity index (χ0) is 16.5. The smallest absolute Gasteiger partial charge is 0.119 e. The van der Waals surface area contributed by atoms with Crippen LogP contribution < -0.4 is 0 Å². The lowest BCUT2D eigenvalue weighted by molar-refractivity contribution is 0.471. The molecule has 0 spiro atoms. The Morgan fingerprint density at radius 3 is 2.13 bits per heavy atom. The van der Waals surface area contributed by atoms with E-state index >= 15 is 0 Å². The minimum atomic E-state index is 0.396. The van der Waals surface area contributed by atoms with Gasteiger partial charge >= 0.3 is 0 Å². The maximum atomic E-state index is 10.1. The van der Waals surface area contributed by atoms with Gasteiger partial charge in [-0.05, 0) is 48.1 Å². The number of hydrogen-bond acceptors (Lipinski definition) is 1. The first kappa shape index (κ1) is 17.6. The van der Waals surface area contributed by atoms with E-state index in [4.69, 9.17) is 0 Å². The van der Waals surface area contributed by atoms with Crippen LogP contribution in [-0.2, 0) is 6.42 Å². The molecule has 0 heterocycles. The van der Waals surface area contributed by atoms with Crippen LogP contribution in [0.25, 0.3) is 11.1 Å². The van der Waals surface area contributed by atoms with E-state index in [1.54, 1.807) is 0 Å². The molecule has 0 bridgehead atoms. The van der Waals surface area contributed by atoms with Crippen molar-refractivity contribution >= 4 is 0 Å². The molecule has 0 amide bonds. The Hall–Kier alpha value is -1.76. The second kappa shape index (κ2) is 9.39. The van der Waals surface area contributed by atoms with Gasteiger partial charge in [0.05, 0.1) is 0 Å². The van der Waals surface area contributed by atoms with Gasteiger partial charge in [0.25, 0.3) is 0 Å². The molecule has 0 aromatic heterocycles. The van der Waals surface area contributed by atoms with Gasteiger partial charge < -0.3 is 5.11 Å². The second-order valence-electron chi connectivity index (χ2n) is 6.48. The van der Waals surface area contributed by atoms with Crippen LogP contribution in [-0.4, -0.2) is 5.11 Å². The quantitative estimate of drug-likeness (QED) is 0.513. The van der Waals surface area contributed by atoms with E-state index in [0.717, 1.165) is 12.0 Å². The van der Waals surface area contributed by atoms with Gasteiger partial charge in [-0.3, -0.25) is 0 Å². The lowest BCUT2D eigenvalue weighted by Crippen LogP contribution is -1.94. The average molecular weight is 310 g/mol. The molecule has 0 fully saturated rings. The van der Waals surface area contributed by atoms with E-state index in [9.17, 15) is 5.11 Å². The second-order valence-corrected chi connectivity index (χ2v) is 6.48. The summed E-state index contributed by atoms with van der Waals surface area (Å²) in [5.41, 5.74) is 4.78. The molecule has 1 N–H and O–H groups in total. The molecule has 0 unspecified atom stereocenters. The van der Waals surface area contributed by atoms with Gasteiger partial charge in [-0.1, -0.05) is 81.8 Å². The standard InChI is InChI=1S/C22H30O/c1-3-4-5-6-7-8-10-15-20-16-17-21(23)18(2)22(20)19-13-11-9-12-14-19/h9,11-14,16-17,23H,3-8,10,15H2,1-2H3. The lowest BCUT2D eigenvalue weighted by Gasteiger charge is -2.14. The van der Waals surface area contributed by atoms with Gasteiger partial charge in [0, 0.05) is 0 Å². The highest BCUT2D eigenvalue weighted by Crippen LogP contribution is 2.33. The fraction of sp³-hybridized carbons (Fsp3) is 0.455. The minimum absolute atomic E-state index is 0.396. The Morgan fingerprint density at radius 2 is 1.43 bits per heavy atom. The van der Waals surface area contributed by atoms with Gasteiger partial charge in [0.15, 0.2) is 0 Å². The van der Waals surface area contributed by atoms with Crippen LogP contribution in [0.1, 0.15) is 63.0 Å². The normalized spacial score (nSPS) is 10.9. The number of hydrogen-bond donors (Lipinski definition) is 1. The first-order valence-electron chi connectivity index (χ1n) is 9.11. The van der Waals surface area contributed by atoms with E-state index in [1.165, 1.54) is 61.6 Å². The summed E-state index contributed by atoms with van der Waals surface area (Å²) in [6.07, 6.45) is 10.4.